The molecule has 0 saturated carbocycles. The van der Waals surface area contributed by atoms with Crippen molar-refractivity contribution in [3.63, 3.8) is 0 Å². The zero-order valence-electron chi connectivity index (χ0n) is 15.3. The number of ether oxygens (including phenoxy) is 1. The molecule has 0 saturated heterocycles. The van der Waals surface area contributed by atoms with Crippen LogP contribution in [0.3, 0.4) is 0 Å². The summed E-state index contributed by atoms with van der Waals surface area (Å²) in [5, 5.41) is 3.29. The molecule has 1 heterocycles. The first-order valence-corrected chi connectivity index (χ1v) is 8.84. The number of nitrogens with zero attached hydrogens (tertiary/aromatic N) is 1. The van der Waals surface area contributed by atoms with Gasteiger partial charge in [0.2, 0.25) is 5.43 Å². The highest BCUT2D eigenvalue weighted by Crippen LogP contribution is 2.23. The van der Waals surface area contributed by atoms with Crippen LogP contribution in [0.25, 0.3) is 10.9 Å². The van der Waals surface area contributed by atoms with Crippen molar-refractivity contribution < 1.29 is 9.53 Å². The first kappa shape index (κ1) is 17.5. The van der Waals surface area contributed by atoms with Crippen molar-refractivity contribution in [3.8, 4) is 11.5 Å². The van der Waals surface area contributed by atoms with Gasteiger partial charge >= 0.3 is 0 Å². The zero-order valence-corrected chi connectivity index (χ0v) is 15.3. The lowest BCUT2D eigenvalue weighted by Crippen LogP contribution is -2.23. The third-order valence-electron chi connectivity index (χ3n) is 4.43. The van der Waals surface area contributed by atoms with Crippen LogP contribution in [-0.2, 0) is 7.05 Å². The summed E-state index contributed by atoms with van der Waals surface area (Å²) >= 11 is 0. The van der Waals surface area contributed by atoms with Crippen LogP contribution in [0.2, 0.25) is 0 Å². The molecule has 4 rings (SSSR count). The molecular weight excluding hydrogens is 352 g/mol. The maximum Gasteiger partial charge on any atom is 0.261 e. The van der Waals surface area contributed by atoms with Crippen LogP contribution < -0.4 is 15.5 Å². The van der Waals surface area contributed by atoms with Gasteiger partial charge < -0.3 is 14.6 Å². The smallest absolute Gasteiger partial charge is 0.261 e. The van der Waals surface area contributed by atoms with Gasteiger partial charge in [0.1, 0.15) is 17.1 Å². The molecule has 0 radical (unpaired) electrons. The number of hydrogen-bond acceptors (Lipinski definition) is 3. The van der Waals surface area contributed by atoms with E-state index in [1.165, 1.54) is 0 Å². The highest BCUT2D eigenvalue weighted by Gasteiger charge is 2.14. The maximum atomic E-state index is 12.7. The number of aromatic nitrogens is 1. The molecule has 0 aliphatic rings. The van der Waals surface area contributed by atoms with Crippen LogP contribution in [0.4, 0.5) is 5.69 Å². The summed E-state index contributed by atoms with van der Waals surface area (Å²) in [7, 11) is 1.81. The highest BCUT2D eigenvalue weighted by molar-refractivity contribution is 6.05. The molecule has 5 nitrogen and oxygen atoms in total. The van der Waals surface area contributed by atoms with Gasteiger partial charge in [-0.05, 0) is 48.5 Å². The minimum absolute atomic E-state index is 0.103. The molecule has 0 fully saturated rings. The van der Waals surface area contributed by atoms with Crippen molar-refractivity contribution >= 4 is 22.5 Å². The third kappa shape index (κ3) is 3.50. The molecule has 1 N–H and O–H groups in total. The summed E-state index contributed by atoms with van der Waals surface area (Å²) in [5.41, 5.74) is 1.19. The molecule has 1 aromatic heterocycles. The number of anilines is 1. The number of hydrogen-bond donors (Lipinski definition) is 1. The number of fused-ring (bicyclic) bond motifs is 1. The van der Waals surface area contributed by atoms with Crippen molar-refractivity contribution in [1.82, 2.24) is 4.57 Å². The number of pyridine rings is 1. The van der Waals surface area contributed by atoms with Crippen LogP contribution in [0.5, 0.6) is 11.5 Å². The van der Waals surface area contributed by atoms with Gasteiger partial charge in [0.25, 0.3) is 5.91 Å². The van der Waals surface area contributed by atoms with Gasteiger partial charge in [-0.2, -0.15) is 0 Å². The molecule has 4 aromatic rings. The SMILES string of the molecule is Cn1cc(C(=O)Nc2ccc(Oc3ccccc3)cc2)c(=O)c2ccccc21. The average Bonchev–Trinajstić information content (AvgIpc) is 2.73. The van der Waals surface area contributed by atoms with Crippen LogP contribution in [0.15, 0.2) is 89.9 Å². The quantitative estimate of drug-likeness (QED) is 0.572. The Balaban J connectivity index is 1.55. The predicted octanol–water partition coefficient (Wildman–Crippen LogP) is 4.58. The van der Waals surface area contributed by atoms with E-state index in [0.29, 0.717) is 16.8 Å². The number of amides is 1. The summed E-state index contributed by atoms with van der Waals surface area (Å²) in [6.07, 6.45) is 1.56. The molecule has 0 bridgehead atoms. The van der Waals surface area contributed by atoms with Crippen LogP contribution >= 0.6 is 0 Å². The fourth-order valence-electron chi connectivity index (χ4n) is 3.03. The van der Waals surface area contributed by atoms with Gasteiger partial charge in [-0.1, -0.05) is 30.3 Å². The summed E-state index contributed by atoms with van der Waals surface area (Å²) < 4.78 is 7.52. The lowest BCUT2D eigenvalue weighted by Gasteiger charge is -2.10. The predicted molar refractivity (Wildman–Crippen MR) is 110 cm³/mol. The van der Waals surface area contributed by atoms with Gasteiger partial charge in [0.05, 0.1) is 5.52 Å². The Hall–Kier alpha value is -3.86. The summed E-state index contributed by atoms with van der Waals surface area (Å²) in [6, 6.07) is 23.7. The summed E-state index contributed by atoms with van der Waals surface area (Å²) in [4.78, 5) is 25.3. The fourth-order valence-corrected chi connectivity index (χ4v) is 3.03. The monoisotopic (exact) mass is 370 g/mol. The minimum Gasteiger partial charge on any atom is -0.457 e. The van der Waals surface area contributed by atoms with E-state index in [4.69, 9.17) is 4.74 Å². The Morgan fingerprint density at radius 1 is 0.857 bits per heavy atom. The van der Waals surface area contributed by atoms with Crippen molar-refractivity contribution in [2.24, 2.45) is 7.05 Å². The van der Waals surface area contributed by atoms with E-state index in [2.05, 4.69) is 5.32 Å². The number of carbonyl (C=O) groups is 1. The van der Waals surface area contributed by atoms with Crippen molar-refractivity contribution in [1.29, 1.82) is 0 Å². The molecular formula is C23H18N2O3. The molecule has 0 aliphatic heterocycles. The molecule has 0 atom stereocenters. The van der Waals surface area contributed by atoms with Gasteiger partial charge in [-0.15, -0.1) is 0 Å². The van der Waals surface area contributed by atoms with Gasteiger partial charge in [-0.3, -0.25) is 9.59 Å². The Morgan fingerprint density at radius 2 is 1.50 bits per heavy atom. The number of carbonyl (C=O) groups excluding carboxylic acids is 1. The summed E-state index contributed by atoms with van der Waals surface area (Å²) in [5.74, 6) is 0.952. The van der Waals surface area contributed by atoms with Crippen LogP contribution in [0.1, 0.15) is 10.4 Å². The number of aryl methyl sites for hydroxylation is 1. The second kappa shape index (κ2) is 7.40. The van der Waals surface area contributed by atoms with Crippen molar-refractivity contribution in [2.75, 3.05) is 5.32 Å². The zero-order chi connectivity index (χ0) is 19.5. The molecule has 0 aliphatic carbocycles. The molecule has 5 heteroatoms. The Labute approximate surface area is 161 Å². The fraction of sp³-hybridized carbons (Fsp3) is 0.0435. The molecule has 28 heavy (non-hydrogen) atoms. The topological polar surface area (TPSA) is 60.3 Å². The van der Waals surface area contributed by atoms with Crippen LogP contribution in [0, 0.1) is 0 Å². The van der Waals surface area contributed by atoms with E-state index in [1.807, 2.05) is 49.5 Å². The van der Waals surface area contributed by atoms with Crippen molar-refractivity contribution in [3.05, 3.63) is 101 Å². The number of rotatable bonds is 4. The standard InChI is InChI=1S/C23H18N2O3/c1-25-15-20(22(26)19-9-5-6-10-21(19)25)23(27)24-16-11-13-18(14-12-16)28-17-7-3-2-4-8-17/h2-15H,1H3,(H,24,27). The lowest BCUT2D eigenvalue weighted by atomic mass is 10.1. The second-order valence-electron chi connectivity index (χ2n) is 6.39. The molecule has 138 valence electrons. The van der Waals surface area contributed by atoms with E-state index in [-0.39, 0.29) is 11.0 Å². The number of nitrogens with one attached hydrogen (secondary N) is 1. The Morgan fingerprint density at radius 3 is 2.25 bits per heavy atom. The average molecular weight is 370 g/mol. The Kier molecular flexibility index (Phi) is 4.64. The third-order valence-corrected chi connectivity index (χ3v) is 4.43. The van der Waals surface area contributed by atoms with Gasteiger partial charge in [0, 0.05) is 24.3 Å². The van der Waals surface area contributed by atoms with E-state index in [9.17, 15) is 9.59 Å². The number of para-hydroxylation sites is 2. The second-order valence-corrected chi connectivity index (χ2v) is 6.39. The van der Waals surface area contributed by atoms with E-state index < -0.39 is 5.91 Å². The Bertz CT molecular complexity index is 1200. The molecule has 0 spiro atoms. The number of benzene rings is 3. The lowest BCUT2D eigenvalue weighted by molar-refractivity contribution is 0.102. The van der Waals surface area contributed by atoms with E-state index in [1.54, 1.807) is 47.2 Å². The minimum atomic E-state index is -0.442. The summed E-state index contributed by atoms with van der Waals surface area (Å²) in [6.45, 7) is 0. The molecule has 0 unspecified atom stereocenters. The van der Waals surface area contributed by atoms with Crippen LogP contribution in [-0.4, -0.2) is 10.5 Å². The first-order valence-electron chi connectivity index (χ1n) is 8.84. The van der Waals surface area contributed by atoms with E-state index >= 15 is 0 Å². The highest BCUT2D eigenvalue weighted by atomic mass is 16.5. The molecule has 3 aromatic carbocycles. The first-order chi connectivity index (χ1) is 13.6. The van der Waals surface area contributed by atoms with Gasteiger partial charge in [0.15, 0.2) is 0 Å². The molecule has 1 amide bonds. The van der Waals surface area contributed by atoms with E-state index in [0.717, 1.165) is 11.3 Å². The largest absolute Gasteiger partial charge is 0.457 e. The van der Waals surface area contributed by atoms with Gasteiger partial charge in [-0.25, -0.2) is 0 Å². The normalized spacial score (nSPS) is 10.6. The maximum absolute atomic E-state index is 12.7. The van der Waals surface area contributed by atoms with Crippen molar-refractivity contribution in [2.45, 2.75) is 0 Å².